The predicted octanol–water partition coefficient (Wildman–Crippen LogP) is 2.85. The summed E-state index contributed by atoms with van der Waals surface area (Å²) in [5.74, 6) is 1.56. The second-order valence-electron chi connectivity index (χ2n) is 5.08. The van der Waals surface area contributed by atoms with Crippen molar-refractivity contribution in [3.63, 3.8) is 0 Å². The highest BCUT2D eigenvalue weighted by molar-refractivity contribution is 5.24. The molecule has 13 heavy (non-hydrogen) atoms. The molecule has 0 aromatic rings. The summed E-state index contributed by atoms with van der Waals surface area (Å²) in [5, 5.41) is 3.63. The monoisotopic (exact) mass is 177 g/mol. The number of nitrogens with one attached hydrogen (secondary N) is 1. The minimum Gasteiger partial charge on any atom is -0.383 e. The topological polar surface area (TPSA) is 12.0 Å². The third-order valence-corrected chi connectivity index (χ3v) is 3.20. The van der Waals surface area contributed by atoms with Crippen LogP contribution in [0, 0.1) is 11.8 Å². The van der Waals surface area contributed by atoms with Gasteiger partial charge in [0.1, 0.15) is 0 Å². The summed E-state index contributed by atoms with van der Waals surface area (Å²) in [6.45, 7) is 6.96. The molecular formula is C12H19N. The average Bonchev–Trinajstić information content (AvgIpc) is 2.02. The van der Waals surface area contributed by atoms with E-state index >= 15 is 0 Å². The summed E-state index contributed by atoms with van der Waals surface area (Å²) in [7, 11) is 0. The smallest absolute Gasteiger partial charge is 0.0317 e. The number of hydrogen-bond donors (Lipinski definition) is 1. The van der Waals surface area contributed by atoms with Crippen LogP contribution in [0.1, 0.15) is 33.6 Å². The largest absolute Gasteiger partial charge is 0.383 e. The van der Waals surface area contributed by atoms with Crippen LogP contribution in [-0.2, 0) is 0 Å². The van der Waals surface area contributed by atoms with E-state index in [0.717, 1.165) is 11.8 Å². The Labute approximate surface area is 80.9 Å². The van der Waals surface area contributed by atoms with Crippen molar-refractivity contribution in [3.05, 3.63) is 23.9 Å². The molecule has 72 valence electrons. The highest BCUT2D eigenvalue weighted by Gasteiger charge is 2.34. The van der Waals surface area contributed by atoms with Crippen LogP contribution in [0.25, 0.3) is 0 Å². The highest BCUT2D eigenvalue weighted by atomic mass is 15.0. The second kappa shape index (κ2) is 2.90. The molecule has 2 atom stereocenters. The normalized spacial score (nSPS) is 36.1. The second-order valence-corrected chi connectivity index (χ2v) is 5.08. The molecule has 1 aliphatic heterocycles. The van der Waals surface area contributed by atoms with E-state index in [1.54, 1.807) is 0 Å². The van der Waals surface area contributed by atoms with Crippen LogP contribution < -0.4 is 5.32 Å². The van der Waals surface area contributed by atoms with E-state index in [9.17, 15) is 0 Å². The van der Waals surface area contributed by atoms with Gasteiger partial charge in [0.15, 0.2) is 0 Å². The van der Waals surface area contributed by atoms with Crippen LogP contribution in [0.4, 0.5) is 0 Å². The van der Waals surface area contributed by atoms with Gasteiger partial charge in [0.25, 0.3) is 0 Å². The van der Waals surface area contributed by atoms with Gasteiger partial charge in [0.2, 0.25) is 0 Å². The molecule has 0 bridgehead atoms. The van der Waals surface area contributed by atoms with Crippen LogP contribution in [-0.4, -0.2) is 5.54 Å². The quantitative estimate of drug-likeness (QED) is 0.600. The lowest BCUT2D eigenvalue weighted by Crippen LogP contribution is -2.48. The van der Waals surface area contributed by atoms with Crippen LogP contribution >= 0.6 is 0 Å². The zero-order valence-electron chi connectivity index (χ0n) is 8.80. The fourth-order valence-electron chi connectivity index (χ4n) is 2.71. The predicted molar refractivity (Wildman–Crippen MR) is 56.3 cm³/mol. The minimum atomic E-state index is 0.285. The molecule has 1 heterocycles. The zero-order valence-corrected chi connectivity index (χ0v) is 8.80. The third-order valence-electron chi connectivity index (χ3n) is 3.20. The van der Waals surface area contributed by atoms with E-state index < -0.39 is 0 Å². The first kappa shape index (κ1) is 8.86. The van der Waals surface area contributed by atoms with Gasteiger partial charge in [-0.2, -0.15) is 0 Å². The van der Waals surface area contributed by atoms with Crippen molar-refractivity contribution in [1.29, 1.82) is 0 Å². The Morgan fingerprint density at radius 3 is 3.00 bits per heavy atom. The van der Waals surface area contributed by atoms with Crippen molar-refractivity contribution in [2.75, 3.05) is 0 Å². The molecule has 0 saturated carbocycles. The van der Waals surface area contributed by atoms with Gasteiger partial charge in [-0.05, 0) is 38.7 Å². The molecular weight excluding hydrogens is 158 g/mol. The van der Waals surface area contributed by atoms with Crippen molar-refractivity contribution in [3.8, 4) is 0 Å². The van der Waals surface area contributed by atoms with Crippen molar-refractivity contribution < 1.29 is 0 Å². The Morgan fingerprint density at radius 2 is 2.23 bits per heavy atom. The standard InChI is InChI=1S/C12H19N/c1-9-8-12(2,3)13-11-7-5-4-6-10(9)11/h4-5,7,9-10,13H,6,8H2,1-3H3. The van der Waals surface area contributed by atoms with E-state index in [0.29, 0.717) is 0 Å². The van der Waals surface area contributed by atoms with Gasteiger partial charge in [-0.25, -0.2) is 0 Å². The first-order valence-electron chi connectivity index (χ1n) is 5.23. The summed E-state index contributed by atoms with van der Waals surface area (Å²) in [5.41, 5.74) is 1.73. The van der Waals surface area contributed by atoms with E-state index in [1.807, 2.05) is 0 Å². The van der Waals surface area contributed by atoms with Crippen molar-refractivity contribution >= 4 is 0 Å². The van der Waals surface area contributed by atoms with E-state index in [-0.39, 0.29) is 5.54 Å². The summed E-state index contributed by atoms with van der Waals surface area (Å²) in [4.78, 5) is 0. The van der Waals surface area contributed by atoms with Gasteiger partial charge in [0.05, 0.1) is 0 Å². The van der Waals surface area contributed by atoms with E-state index in [2.05, 4.69) is 44.3 Å². The Balaban J connectivity index is 2.23. The molecule has 1 nitrogen and oxygen atoms in total. The number of allylic oxidation sites excluding steroid dienone is 4. The lowest BCUT2D eigenvalue weighted by atomic mass is 9.74. The van der Waals surface area contributed by atoms with Gasteiger partial charge >= 0.3 is 0 Å². The molecule has 2 aliphatic rings. The molecule has 2 unspecified atom stereocenters. The maximum atomic E-state index is 3.63. The SMILES string of the molecule is CC1CC(C)(C)NC2=CC=CCC21. The number of hydrogen-bond acceptors (Lipinski definition) is 1. The summed E-state index contributed by atoms with van der Waals surface area (Å²) in [6.07, 6.45) is 9.20. The first-order valence-corrected chi connectivity index (χ1v) is 5.23. The van der Waals surface area contributed by atoms with Gasteiger partial charge < -0.3 is 5.32 Å². The average molecular weight is 177 g/mol. The lowest BCUT2D eigenvalue weighted by Gasteiger charge is -2.43. The maximum Gasteiger partial charge on any atom is 0.0317 e. The van der Waals surface area contributed by atoms with Crippen LogP contribution in [0.3, 0.4) is 0 Å². The summed E-state index contributed by atoms with van der Waals surface area (Å²) >= 11 is 0. The molecule has 1 heteroatoms. The molecule has 1 N–H and O–H groups in total. The van der Waals surface area contributed by atoms with E-state index in [4.69, 9.17) is 0 Å². The Kier molecular flexibility index (Phi) is 1.98. The van der Waals surface area contributed by atoms with Gasteiger partial charge in [-0.15, -0.1) is 0 Å². The van der Waals surface area contributed by atoms with Crippen LogP contribution in [0.15, 0.2) is 23.9 Å². The van der Waals surface area contributed by atoms with E-state index in [1.165, 1.54) is 18.5 Å². The van der Waals surface area contributed by atoms with Crippen molar-refractivity contribution in [2.24, 2.45) is 11.8 Å². The Morgan fingerprint density at radius 1 is 1.46 bits per heavy atom. The van der Waals surface area contributed by atoms with Crippen LogP contribution in [0.5, 0.6) is 0 Å². The van der Waals surface area contributed by atoms with Gasteiger partial charge in [0, 0.05) is 17.2 Å². The zero-order chi connectivity index (χ0) is 9.47. The van der Waals surface area contributed by atoms with Crippen molar-refractivity contribution in [2.45, 2.75) is 39.2 Å². The Bertz CT molecular complexity index is 260. The molecule has 1 saturated heterocycles. The first-order chi connectivity index (χ1) is 6.08. The fourth-order valence-corrected chi connectivity index (χ4v) is 2.71. The highest BCUT2D eigenvalue weighted by Crippen LogP contribution is 2.37. The van der Waals surface area contributed by atoms with Crippen molar-refractivity contribution in [1.82, 2.24) is 5.32 Å². The molecule has 1 fully saturated rings. The molecule has 1 aliphatic carbocycles. The number of rotatable bonds is 0. The number of piperidine rings is 1. The maximum absolute atomic E-state index is 3.63. The summed E-state index contributed by atoms with van der Waals surface area (Å²) in [6, 6.07) is 0. The molecule has 0 aromatic heterocycles. The fraction of sp³-hybridized carbons (Fsp3) is 0.667. The molecule has 0 spiro atoms. The molecule has 0 amide bonds. The van der Waals surface area contributed by atoms with Gasteiger partial charge in [-0.3, -0.25) is 0 Å². The lowest BCUT2D eigenvalue weighted by molar-refractivity contribution is 0.213. The van der Waals surface area contributed by atoms with Crippen LogP contribution in [0.2, 0.25) is 0 Å². The molecule has 0 aromatic carbocycles. The molecule has 0 radical (unpaired) electrons. The number of fused-ring (bicyclic) bond motifs is 1. The summed E-state index contributed by atoms with van der Waals surface area (Å²) < 4.78 is 0. The van der Waals surface area contributed by atoms with Gasteiger partial charge in [-0.1, -0.05) is 19.1 Å². The third kappa shape index (κ3) is 1.65. The minimum absolute atomic E-state index is 0.285. The molecule has 2 rings (SSSR count). The Hall–Kier alpha value is -0.720.